The lowest BCUT2D eigenvalue weighted by molar-refractivity contribution is -0.362. The standard InChI is InChI=1S/C46H76N10O19/c1-6-20(4)30(43(70)71)55-39(66)24(13-10-14-51-46(49)50)52-41(68)29(19(2)3)54-40(67)25(15-22-11-8-7-9-12-22)53-42(69)31(56-38(65)23(47)16-28(48)59)21(5)72-44-36(64)34(62)37(27(18-58)74-44)75-45-35(63)33(61)32(60)26(17-57)73-45/h7-9,11-12,19-21,23-27,29-37,44-45,57-58,60-64H,6,10,13-18,47H2,1-5H3,(H2,48,59)(H,52,68)(H,53,69)(H,54,67)(H,55,66)(H,56,65)(H,70,71)(H4,49,50,51)/t20-,21+,23-,24-,25-,26+,27+,29-,30-,31-,32-,33-,34+,35+,36+,37+,44-,45-/m0/s1. The fourth-order valence-electron chi connectivity index (χ4n) is 8.00. The van der Waals surface area contributed by atoms with Gasteiger partial charge in [-0.25, -0.2) is 4.79 Å². The molecule has 2 saturated heterocycles. The van der Waals surface area contributed by atoms with E-state index in [1.807, 2.05) is 0 Å². The molecule has 2 aliphatic heterocycles. The van der Waals surface area contributed by atoms with Crippen LogP contribution in [0.4, 0.5) is 0 Å². The molecule has 3 rings (SSSR count). The zero-order valence-corrected chi connectivity index (χ0v) is 42.3. The number of nitrogens with one attached hydrogen (secondary N) is 5. The van der Waals surface area contributed by atoms with E-state index in [4.69, 9.17) is 41.9 Å². The molecule has 1 aromatic carbocycles. The number of nitrogens with two attached hydrogens (primary N) is 4. The maximum Gasteiger partial charge on any atom is 0.326 e. The number of carboxylic acid groups (broad SMARTS) is 1. The molecule has 0 unspecified atom stereocenters. The third kappa shape index (κ3) is 18.5. The van der Waals surface area contributed by atoms with Crippen LogP contribution in [0, 0.1) is 11.8 Å². The second-order valence-corrected chi connectivity index (χ2v) is 18.8. The van der Waals surface area contributed by atoms with Crippen LogP contribution in [-0.4, -0.2) is 212 Å². The lowest BCUT2D eigenvalue weighted by Crippen LogP contribution is -2.66. The van der Waals surface area contributed by atoms with Crippen molar-refractivity contribution in [2.75, 3.05) is 19.8 Å². The first kappa shape index (κ1) is 63.6. The summed E-state index contributed by atoms with van der Waals surface area (Å²) in [6.07, 6.45) is -20.4. The highest BCUT2D eigenvalue weighted by Gasteiger charge is 2.51. The predicted molar refractivity (Wildman–Crippen MR) is 260 cm³/mol. The summed E-state index contributed by atoms with van der Waals surface area (Å²) < 4.78 is 22.6. The number of hydrogen-bond donors (Lipinski definition) is 17. The molecule has 29 heteroatoms. The number of aliphatic hydroxyl groups is 7. The van der Waals surface area contributed by atoms with Crippen molar-refractivity contribution in [1.82, 2.24) is 26.6 Å². The lowest BCUT2D eigenvalue weighted by Gasteiger charge is -2.46. The summed E-state index contributed by atoms with van der Waals surface area (Å²) in [6, 6.07) is -0.912. The van der Waals surface area contributed by atoms with Gasteiger partial charge in [0, 0.05) is 13.0 Å². The van der Waals surface area contributed by atoms with Gasteiger partial charge in [-0.3, -0.25) is 33.8 Å². The van der Waals surface area contributed by atoms with E-state index in [2.05, 4.69) is 31.6 Å². The Labute approximate surface area is 432 Å². The Hall–Kier alpha value is -5.70. The first-order valence-corrected chi connectivity index (χ1v) is 24.4. The number of primary amides is 1. The summed E-state index contributed by atoms with van der Waals surface area (Å²) in [4.78, 5) is 97.8. The van der Waals surface area contributed by atoms with Crippen molar-refractivity contribution in [2.24, 2.45) is 39.8 Å². The van der Waals surface area contributed by atoms with Crippen LogP contribution in [0.15, 0.2) is 35.3 Å². The molecule has 0 spiro atoms. The van der Waals surface area contributed by atoms with Gasteiger partial charge in [-0.05, 0) is 37.2 Å². The third-order valence-electron chi connectivity index (χ3n) is 12.6. The number of rotatable bonds is 29. The summed E-state index contributed by atoms with van der Waals surface area (Å²) in [6.45, 7) is 5.99. The molecule has 0 aliphatic carbocycles. The topological polar surface area (TPSA) is 495 Å². The van der Waals surface area contributed by atoms with Crippen molar-refractivity contribution in [3.63, 3.8) is 0 Å². The normalized spacial score (nSPS) is 26.9. The van der Waals surface area contributed by atoms with Gasteiger partial charge in [0.2, 0.25) is 35.4 Å². The Morgan fingerprint density at radius 3 is 1.79 bits per heavy atom. The number of aliphatic imine (C=N–C) groups is 1. The van der Waals surface area contributed by atoms with Gasteiger partial charge in [0.25, 0.3) is 0 Å². The zero-order valence-electron chi connectivity index (χ0n) is 42.3. The number of aliphatic hydroxyl groups excluding tert-OH is 7. The second-order valence-electron chi connectivity index (χ2n) is 18.8. The van der Waals surface area contributed by atoms with E-state index in [9.17, 15) is 74.4 Å². The highest BCUT2D eigenvalue weighted by Crippen LogP contribution is 2.30. The van der Waals surface area contributed by atoms with E-state index < -0.39 is 177 Å². The van der Waals surface area contributed by atoms with Crippen LogP contribution in [0.2, 0.25) is 0 Å². The average molecular weight is 1070 g/mol. The second kappa shape index (κ2) is 30.1. The Bertz CT molecular complexity index is 2070. The molecule has 2 aliphatic rings. The number of benzene rings is 1. The van der Waals surface area contributed by atoms with E-state index in [-0.39, 0.29) is 31.8 Å². The summed E-state index contributed by atoms with van der Waals surface area (Å²) in [5, 5.41) is 95.8. The Morgan fingerprint density at radius 1 is 0.680 bits per heavy atom. The van der Waals surface area contributed by atoms with Gasteiger partial charge in [-0.1, -0.05) is 64.4 Å². The van der Waals surface area contributed by atoms with Crippen molar-refractivity contribution >= 4 is 47.4 Å². The average Bonchev–Trinajstić information content (AvgIpc) is 3.35. The predicted octanol–water partition coefficient (Wildman–Crippen LogP) is -7.27. The SMILES string of the molecule is CC[C@H](C)[C@H](NC(=O)[C@H](CCCN=C(N)N)NC(=O)[C@@H](NC(=O)[C@H](Cc1ccccc1)NC(=O)[C@@H](NC(=O)[C@@H](N)CC(N)=O)[C@@H](C)O[C@H]1O[C@H](CO)[C@@H](O[C@@H]2O[C@H](CO)[C@H](O)[C@H](O)[C@H]2O)[C@H](O)[C@H]1O)C(C)C)C(=O)O. The molecule has 2 heterocycles. The Balaban J connectivity index is 1.96. The van der Waals surface area contributed by atoms with Crippen molar-refractivity contribution < 1.29 is 93.4 Å². The van der Waals surface area contributed by atoms with E-state index in [0.717, 1.165) is 0 Å². The molecule has 21 N–H and O–H groups in total. The van der Waals surface area contributed by atoms with E-state index in [0.29, 0.717) is 12.0 Å². The molecule has 6 amide bonds. The molecule has 0 saturated carbocycles. The molecule has 2 fully saturated rings. The van der Waals surface area contributed by atoms with Crippen LogP contribution in [0.3, 0.4) is 0 Å². The van der Waals surface area contributed by atoms with Crippen molar-refractivity contribution in [3.05, 3.63) is 35.9 Å². The van der Waals surface area contributed by atoms with Gasteiger partial charge in [0.15, 0.2) is 18.5 Å². The third-order valence-corrected chi connectivity index (χ3v) is 12.6. The van der Waals surface area contributed by atoms with Crippen LogP contribution < -0.4 is 49.5 Å². The maximum atomic E-state index is 14.5. The highest BCUT2D eigenvalue weighted by molar-refractivity contribution is 5.97. The van der Waals surface area contributed by atoms with Crippen LogP contribution in [0.25, 0.3) is 0 Å². The van der Waals surface area contributed by atoms with Gasteiger partial charge in [-0.2, -0.15) is 0 Å². The van der Waals surface area contributed by atoms with Crippen LogP contribution in [0.5, 0.6) is 0 Å². The van der Waals surface area contributed by atoms with Crippen molar-refractivity contribution in [1.29, 1.82) is 0 Å². The summed E-state index contributed by atoms with van der Waals surface area (Å²) in [5.41, 5.74) is 22.6. The monoisotopic (exact) mass is 1070 g/mol. The molecule has 18 atom stereocenters. The van der Waals surface area contributed by atoms with Crippen molar-refractivity contribution in [3.8, 4) is 0 Å². The highest BCUT2D eigenvalue weighted by atomic mass is 16.7. The van der Waals surface area contributed by atoms with Crippen LogP contribution >= 0.6 is 0 Å². The minimum atomic E-state index is -2.10. The van der Waals surface area contributed by atoms with Crippen LogP contribution in [-0.2, 0) is 58.9 Å². The number of aliphatic carboxylic acids is 1. The number of carbonyl (C=O) groups is 7. The first-order chi connectivity index (χ1) is 35.3. The largest absolute Gasteiger partial charge is 0.480 e. The molecular weight excluding hydrogens is 997 g/mol. The van der Waals surface area contributed by atoms with Gasteiger partial charge >= 0.3 is 5.97 Å². The number of hydrogen-bond acceptors (Lipinski definition) is 20. The fourth-order valence-corrected chi connectivity index (χ4v) is 8.00. The quantitative estimate of drug-likeness (QED) is 0.0201. The lowest BCUT2D eigenvalue weighted by atomic mass is 9.97. The van der Waals surface area contributed by atoms with E-state index in [1.165, 1.54) is 6.92 Å². The van der Waals surface area contributed by atoms with E-state index >= 15 is 0 Å². The number of carbonyl (C=O) groups excluding carboxylic acids is 6. The van der Waals surface area contributed by atoms with Crippen LogP contribution in [0.1, 0.15) is 65.9 Å². The molecule has 0 radical (unpaired) electrons. The first-order valence-electron chi connectivity index (χ1n) is 24.4. The number of carboxylic acids is 1. The molecule has 75 heavy (non-hydrogen) atoms. The van der Waals surface area contributed by atoms with Gasteiger partial charge in [0.1, 0.15) is 79.0 Å². The molecule has 0 bridgehead atoms. The van der Waals surface area contributed by atoms with Crippen molar-refractivity contribution in [2.45, 2.75) is 170 Å². The van der Waals surface area contributed by atoms with Gasteiger partial charge in [-0.15, -0.1) is 0 Å². The number of amides is 6. The summed E-state index contributed by atoms with van der Waals surface area (Å²) in [7, 11) is 0. The Morgan fingerprint density at radius 2 is 1.23 bits per heavy atom. The zero-order chi connectivity index (χ0) is 56.4. The molecule has 424 valence electrons. The summed E-state index contributed by atoms with van der Waals surface area (Å²) >= 11 is 0. The fraction of sp³-hybridized carbons (Fsp3) is 0.696. The molecule has 1 aromatic rings. The maximum absolute atomic E-state index is 14.5. The number of guanidine groups is 1. The van der Waals surface area contributed by atoms with Gasteiger partial charge in [0.05, 0.1) is 31.8 Å². The minimum absolute atomic E-state index is 0.0481. The van der Waals surface area contributed by atoms with Gasteiger partial charge < -0.3 is 109 Å². The molecule has 29 nitrogen and oxygen atoms in total. The Kier molecular flexibility index (Phi) is 25.6. The number of ether oxygens (including phenoxy) is 4. The number of nitrogens with zero attached hydrogens (tertiary/aromatic N) is 1. The van der Waals surface area contributed by atoms with E-state index in [1.54, 1.807) is 58.0 Å². The molecular formula is C46H76N10O19. The summed E-state index contributed by atoms with van der Waals surface area (Å²) in [5.74, 6) is -8.62. The smallest absolute Gasteiger partial charge is 0.326 e. The molecule has 0 aromatic heterocycles. The minimum Gasteiger partial charge on any atom is -0.480 e.